The molecule has 2 nitrogen and oxygen atoms in total. The fourth-order valence-electron chi connectivity index (χ4n) is 2.03. The number of methoxy groups -OCH3 is 2. The third-order valence-electron chi connectivity index (χ3n) is 3.16. The first-order valence-electron chi connectivity index (χ1n) is 5.41. The summed E-state index contributed by atoms with van der Waals surface area (Å²) in [5.41, 5.74) is 0. The molecule has 0 saturated carbocycles. The van der Waals surface area contributed by atoms with E-state index in [0.29, 0.717) is 0 Å². The quantitative estimate of drug-likeness (QED) is 0.611. The molecule has 0 aliphatic carbocycles. The van der Waals surface area contributed by atoms with E-state index < -0.39 is 8.07 Å². The van der Waals surface area contributed by atoms with E-state index in [0.717, 1.165) is 13.2 Å². The third kappa shape index (κ3) is 3.37. The van der Waals surface area contributed by atoms with E-state index in [1.807, 2.05) is 0 Å². The van der Waals surface area contributed by atoms with Gasteiger partial charge in [0.15, 0.2) is 0 Å². The van der Waals surface area contributed by atoms with Crippen LogP contribution in [-0.2, 0) is 9.47 Å². The minimum absolute atomic E-state index is 0.283. The first-order chi connectivity index (χ1) is 6.43. The Morgan fingerprint density at radius 3 is 1.64 bits per heavy atom. The number of hydrogen-bond donors (Lipinski definition) is 0. The molecule has 0 saturated heterocycles. The zero-order valence-corrected chi connectivity index (χ0v) is 11.6. The van der Waals surface area contributed by atoms with Gasteiger partial charge in [-0.2, -0.15) is 0 Å². The van der Waals surface area contributed by atoms with Gasteiger partial charge < -0.3 is 9.47 Å². The smallest absolute Gasteiger partial charge is 0.0564 e. The van der Waals surface area contributed by atoms with Crippen LogP contribution in [0.2, 0.25) is 24.7 Å². The van der Waals surface area contributed by atoms with Crippen molar-refractivity contribution < 1.29 is 9.47 Å². The summed E-state index contributed by atoms with van der Waals surface area (Å²) in [5.74, 6) is 0. The Morgan fingerprint density at radius 2 is 1.43 bits per heavy atom. The van der Waals surface area contributed by atoms with E-state index in [1.54, 1.807) is 14.2 Å². The minimum Gasteiger partial charge on any atom is -0.384 e. The molecule has 0 atom stereocenters. The molecule has 0 radical (unpaired) electrons. The van der Waals surface area contributed by atoms with E-state index in [9.17, 15) is 0 Å². The number of hydrogen-bond acceptors (Lipinski definition) is 2. The highest BCUT2D eigenvalue weighted by molar-refractivity contribution is 6.79. The Morgan fingerprint density at radius 1 is 1.00 bits per heavy atom. The van der Waals surface area contributed by atoms with Crippen molar-refractivity contribution in [1.82, 2.24) is 0 Å². The van der Waals surface area contributed by atoms with Gasteiger partial charge in [-0.15, -0.1) is 0 Å². The first kappa shape index (κ1) is 14.1. The predicted octanol–water partition coefficient (Wildman–Crippen LogP) is 3.16. The molecule has 0 aromatic carbocycles. The van der Waals surface area contributed by atoms with E-state index in [2.05, 4.69) is 26.6 Å². The van der Waals surface area contributed by atoms with Crippen molar-refractivity contribution in [2.45, 2.75) is 44.4 Å². The SMILES string of the molecule is CCCC(COC)(COC)[Si](C)(C)C. The van der Waals surface area contributed by atoms with Gasteiger partial charge in [0.1, 0.15) is 0 Å². The van der Waals surface area contributed by atoms with Crippen LogP contribution in [0.3, 0.4) is 0 Å². The second kappa shape index (κ2) is 5.88. The summed E-state index contributed by atoms with van der Waals surface area (Å²) in [6.45, 7) is 11.1. The molecule has 86 valence electrons. The lowest BCUT2D eigenvalue weighted by Crippen LogP contribution is -2.45. The lowest BCUT2D eigenvalue weighted by atomic mass is 10.0. The van der Waals surface area contributed by atoms with Gasteiger partial charge in [-0.1, -0.05) is 33.0 Å². The average molecular weight is 218 g/mol. The van der Waals surface area contributed by atoms with Gasteiger partial charge in [0, 0.05) is 19.3 Å². The zero-order chi connectivity index (χ0) is 11.2. The maximum absolute atomic E-state index is 5.39. The van der Waals surface area contributed by atoms with Gasteiger partial charge in [0.05, 0.1) is 21.3 Å². The molecule has 0 aromatic rings. The Bertz CT molecular complexity index is 135. The molecule has 0 N–H and O–H groups in total. The molecule has 0 amide bonds. The monoisotopic (exact) mass is 218 g/mol. The maximum Gasteiger partial charge on any atom is 0.0564 e. The molecule has 0 fully saturated rings. The van der Waals surface area contributed by atoms with E-state index >= 15 is 0 Å². The Kier molecular flexibility index (Phi) is 5.94. The molecule has 3 heteroatoms. The summed E-state index contributed by atoms with van der Waals surface area (Å²) >= 11 is 0. The molecule has 0 rings (SSSR count). The molecular weight excluding hydrogens is 192 g/mol. The van der Waals surface area contributed by atoms with Crippen molar-refractivity contribution in [1.29, 1.82) is 0 Å². The van der Waals surface area contributed by atoms with E-state index in [4.69, 9.17) is 9.47 Å². The van der Waals surface area contributed by atoms with Crippen LogP contribution < -0.4 is 0 Å². The number of ether oxygens (including phenoxy) is 2. The normalized spacial score (nSPS) is 13.3. The average Bonchev–Trinajstić information content (AvgIpc) is 2.03. The highest BCUT2D eigenvalue weighted by Gasteiger charge is 2.42. The summed E-state index contributed by atoms with van der Waals surface area (Å²) < 4.78 is 10.8. The van der Waals surface area contributed by atoms with Gasteiger partial charge >= 0.3 is 0 Å². The highest BCUT2D eigenvalue weighted by atomic mass is 28.3. The fourth-order valence-corrected chi connectivity index (χ4v) is 4.18. The standard InChI is InChI=1S/C11H26O2Si/c1-7-8-11(9-12-2,10-13-3)14(4,5)6/h7-10H2,1-6H3. The van der Waals surface area contributed by atoms with Crippen LogP contribution >= 0.6 is 0 Å². The summed E-state index contributed by atoms with van der Waals surface area (Å²) in [5, 5.41) is 0.283. The molecule has 0 aliphatic rings. The molecule has 0 bridgehead atoms. The zero-order valence-electron chi connectivity index (χ0n) is 10.6. The van der Waals surface area contributed by atoms with Crippen LogP contribution in [0.4, 0.5) is 0 Å². The maximum atomic E-state index is 5.39. The Hall–Kier alpha value is 0.137. The van der Waals surface area contributed by atoms with Crippen molar-refractivity contribution in [3.8, 4) is 0 Å². The van der Waals surface area contributed by atoms with Crippen molar-refractivity contribution in [2.24, 2.45) is 0 Å². The van der Waals surface area contributed by atoms with Gasteiger partial charge in [-0.05, 0) is 6.42 Å². The van der Waals surface area contributed by atoms with Crippen molar-refractivity contribution in [2.75, 3.05) is 27.4 Å². The van der Waals surface area contributed by atoms with Gasteiger partial charge in [-0.25, -0.2) is 0 Å². The summed E-state index contributed by atoms with van der Waals surface area (Å²) in [7, 11) is 2.33. The van der Waals surface area contributed by atoms with Crippen LogP contribution in [0.1, 0.15) is 19.8 Å². The van der Waals surface area contributed by atoms with Crippen LogP contribution in [0.15, 0.2) is 0 Å². The molecule has 0 spiro atoms. The molecule has 14 heavy (non-hydrogen) atoms. The molecule has 0 aliphatic heterocycles. The highest BCUT2D eigenvalue weighted by Crippen LogP contribution is 2.43. The van der Waals surface area contributed by atoms with E-state index in [-0.39, 0.29) is 5.04 Å². The van der Waals surface area contributed by atoms with Crippen LogP contribution in [-0.4, -0.2) is 35.5 Å². The third-order valence-corrected chi connectivity index (χ3v) is 6.88. The number of rotatable bonds is 7. The molecule has 0 heterocycles. The van der Waals surface area contributed by atoms with Crippen molar-refractivity contribution >= 4 is 8.07 Å². The topological polar surface area (TPSA) is 18.5 Å². The largest absolute Gasteiger partial charge is 0.384 e. The van der Waals surface area contributed by atoms with Gasteiger partial charge in [-0.3, -0.25) is 0 Å². The summed E-state index contributed by atoms with van der Waals surface area (Å²) in [4.78, 5) is 0. The predicted molar refractivity (Wildman–Crippen MR) is 64.7 cm³/mol. The van der Waals surface area contributed by atoms with Crippen LogP contribution in [0, 0.1) is 0 Å². The van der Waals surface area contributed by atoms with Crippen molar-refractivity contribution in [3.63, 3.8) is 0 Å². The Balaban J connectivity index is 4.73. The lowest BCUT2D eigenvalue weighted by Gasteiger charge is -2.42. The molecule has 0 unspecified atom stereocenters. The summed E-state index contributed by atoms with van der Waals surface area (Å²) in [6, 6.07) is 0. The van der Waals surface area contributed by atoms with Crippen LogP contribution in [0.25, 0.3) is 0 Å². The van der Waals surface area contributed by atoms with E-state index in [1.165, 1.54) is 12.8 Å². The van der Waals surface area contributed by atoms with Gasteiger partial charge in [0.25, 0.3) is 0 Å². The van der Waals surface area contributed by atoms with Gasteiger partial charge in [0.2, 0.25) is 0 Å². The molecule has 0 aromatic heterocycles. The Labute approximate surface area is 90.0 Å². The lowest BCUT2D eigenvalue weighted by molar-refractivity contribution is 0.0851. The van der Waals surface area contributed by atoms with Crippen LogP contribution in [0.5, 0.6) is 0 Å². The second-order valence-electron chi connectivity index (χ2n) is 5.15. The first-order valence-corrected chi connectivity index (χ1v) is 8.91. The minimum atomic E-state index is -1.25. The van der Waals surface area contributed by atoms with Crippen molar-refractivity contribution in [3.05, 3.63) is 0 Å². The summed E-state index contributed by atoms with van der Waals surface area (Å²) in [6.07, 6.45) is 2.42. The molecular formula is C11H26O2Si. The fraction of sp³-hybridized carbons (Fsp3) is 1.00. The second-order valence-corrected chi connectivity index (χ2v) is 10.7.